The molecule has 4 N–H and O–H groups in total. The molecule has 0 aromatic heterocycles. The van der Waals surface area contributed by atoms with Crippen molar-refractivity contribution in [2.45, 2.75) is 147 Å². The maximum Gasteiger partial charge on any atom is 0.253 e. The molecule has 7 nitrogen and oxygen atoms in total. The lowest BCUT2D eigenvalue weighted by molar-refractivity contribution is -0.117. The first-order chi connectivity index (χ1) is 23.6. The summed E-state index contributed by atoms with van der Waals surface area (Å²) in [7, 11) is 0. The molecule has 0 aromatic carbocycles. The van der Waals surface area contributed by atoms with Gasteiger partial charge in [-0.1, -0.05) is 130 Å². The van der Waals surface area contributed by atoms with E-state index in [1.54, 1.807) is 6.08 Å². The number of hydrogen-bond acceptors (Lipinski definition) is 5. The van der Waals surface area contributed by atoms with Crippen LogP contribution in [0.15, 0.2) is 98.8 Å². The smallest absolute Gasteiger partial charge is 0.253 e. The van der Waals surface area contributed by atoms with Gasteiger partial charge in [0.25, 0.3) is 5.91 Å². The van der Waals surface area contributed by atoms with Gasteiger partial charge in [0.1, 0.15) is 0 Å². The second-order valence-corrected chi connectivity index (χ2v) is 11.6. The predicted octanol–water partition coefficient (Wildman–Crippen LogP) is 11.5. The van der Waals surface area contributed by atoms with Crippen molar-refractivity contribution >= 4 is 25.2 Å². The van der Waals surface area contributed by atoms with Crippen LogP contribution in [0.4, 0.5) is 0 Å². The quantitative estimate of drug-likeness (QED) is 0.0381. The molecule has 0 saturated heterocycles. The molecule has 1 rings (SSSR count). The highest BCUT2D eigenvalue weighted by molar-refractivity contribution is 5.96. The van der Waals surface area contributed by atoms with Gasteiger partial charge in [-0.25, -0.2) is 0 Å². The molecule has 0 saturated carbocycles. The molecular formula is C42H71N5O2. The van der Waals surface area contributed by atoms with Crippen LogP contribution in [0, 0.1) is 5.41 Å². The zero-order chi connectivity index (χ0) is 37.9. The molecule has 0 bridgehead atoms. The monoisotopic (exact) mass is 678 g/mol. The summed E-state index contributed by atoms with van der Waals surface area (Å²) in [6, 6.07) is 0. The van der Waals surface area contributed by atoms with Crippen LogP contribution in [0.5, 0.6) is 0 Å². The van der Waals surface area contributed by atoms with Crippen molar-refractivity contribution in [2.75, 3.05) is 0 Å². The third-order valence-electron chi connectivity index (χ3n) is 6.77. The zero-order valence-corrected chi connectivity index (χ0v) is 33.0. The van der Waals surface area contributed by atoms with Crippen LogP contribution in [-0.2, 0) is 9.59 Å². The number of carbonyl (C=O) groups is 2. The molecule has 1 aliphatic rings. The van der Waals surface area contributed by atoms with Gasteiger partial charge in [0.05, 0.1) is 0 Å². The number of hydrogen-bond donors (Lipinski definition) is 4. The lowest BCUT2D eigenvalue weighted by atomic mass is 10.0. The van der Waals surface area contributed by atoms with Gasteiger partial charge < -0.3 is 21.4 Å². The van der Waals surface area contributed by atoms with E-state index in [1.165, 1.54) is 44.9 Å². The van der Waals surface area contributed by atoms with Crippen molar-refractivity contribution in [3.8, 4) is 0 Å². The third kappa shape index (κ3) is 25.7. The SMILES string of the molecule is C=N.CCC.CCCCCCCC.C\C=C(/C=N/C(C)=C/CC)C1=CN/C(=C(\CCC)C(=O)NC(/C=C(\C=C/CC)NC=O)=C(C)C)C=C1. The molecule has 2 amide bonds. The number of unbranched alkanes of at least 4 members (excludes halogenated alkanes) is 5. The molecule has 1 heterocycles. The van der Waals surface area contributed by atoms with E-state index >= 15 is 0 Å². The Labute approximate surface area is 301 Å². The molecule has 0 unspecified atom stereocenters. The van der Waals surface area contributed by atoms with Crippen molar-refractivity contribution in [1.29, 1.82) is 5.41 Å². The number of dihydropyridines is 1. The Balaban J connectivity index is -0.00000138. The van der Waals surface area contributed by atoms with E-state index in [-0.39, 0.29) is 5.91 Å². The van der Waals surface area contributed by atoms with Gasteiger partial charge in [-0.2, -0.15) is 0 Å². The highest BCUT2D eigenvalue weighted by Crippen LogP contribution is 2.20. The summed E-state index contributed by atoms with van der Waals surface area (Å²) in [5, 5.41) is 14.5. The van der Waals surface area contributed by atoms with Gasteiger partial charge in [-0.05, 0) is 83.0 Å². The van der Waals surface area contributed by atoms with E-state index < -0.39 is 0 Å². The number of aliphatic imine (C=N–C) groups is 1. The van der Waals surface area contributed by atoms with Crippen molar-refractivity contribution in [3.05, 3.63) is 93.8 Å². The summed E-state index contributed by atoms with van der Waals surface area (Å²) in [6.07, 6.45) is 30.9. The molecular weight excluding hydrogens is 606 g/mol. The maximum absolute atomic E-state index is 13.3. The van der Waals surface area contributed by atoms with Crippen LogP contribution in [-0.4, -0.2) is 25.2 Å². The Kier molecular flexibility index (Phi) is 35.6. The van der Waals surface area contributed by atoms with E-state index in [0.717, 1.165) is 47.4 Å². The van der Waals surface area contributed by atoms with Gasteiger partial charge in [0, 0.05) is 40.8 Å². The number of amides is 2. The molecule has 0 aliphatic carbocycles. The van der Waals surface area contributed by atoms with Crippen molar-refractivity contribution in [1.82, 2.24) is 16.0 Å². The highest BCUT2D eigenvalue weighted by Gasteiger charge is 2.17. The topological polar surface area (TPSA) is 106 Å². The van der Waals surface area contributed by atoms with Gasteiger partial charge >= 0.3 is 0 Å². The fourth-order valence-corrected chi connectivity index (χ4v) is 4.21. The van der Waals surface area contributed by atoms with Gasteiger partial charge in [-0.3, -0.25) is 14.6 Å². The van der Waals surface area contributed by atoms with Crippen molar-refractivity contribution in [3.63, 3.8) is 0 Å². The lowest BCUT2D eigenvalue weighted by Crippen LogP contribution is -2.28. The summed E-state index contributed by atoms with van der Waals surface area (Å²) in [4.78, 5) is 28.9. The fourth-order valence-electron chi connectivity index (χ4n) is 4.21. The minimum Gasteiger partial charge on any atom is -0.361 e. The molecule has 0 radical (unpaired) electrons. The van der Waals surface area contributed by atoms with E-state index in [0.29, 0.717) is 29.8 Å². The molecule has 1 aliphatic heterocycles. The van der Waals surface area contributed by atoms with E-state index in [2.05, 4.69) is 68.4 Å². The third-order valence-corrected chi connectivity index (χ3v) is 6.77. The maximum atomic E-state index is 13.3. The standard InChI is InChI=1S/C30H42N4O2.C8H18.C3H8.CH3N/c1-8-12-15-26(33-21-35)18-29(22(5)6)34-30(36)27(14-10-3)28-17-16-25(20-32-28)24(11-4)19-31-23(7)13-9-2;1-3-5-7-8-6-4-2;1-3-2;1-2/h11-13,15-21,32H,8-10,14H2,1-7H3,(H,33,35)(H,34,36);3-8H2,1-2H3;3H2,1-2H3;2H,1H2/b15-12-,23-13+,24-11+,26-18+,28-27+,31-19+;;;. The Hall–Kier alpha value is -4.00. The minimum atomic E-state index is -0.175. The van der Waals surface area contributed by atoms with Crippen LogP contribution in [0.25, 0.3) is 0 Å². The fraction of sp³-hybridized carbons (Fsp3) is 0.524. The Morgan fingerprint density at radius 2 is 1.53 bits per heavy atom. The predicted molar refractivity (Wildman–Crippen MR) is 217 cm³/mol. The van der Waals surface area contributed by atoms with Crippen LogP contribution in [0.2, 0.25) is 0 Å². The van der Waals surface area contributed by atoms with Gasteiger partial charge in [-0.15, -0.1) is 0 Å². The number of nitrogens with zero attached hydrogens (tertiary/aromatic N) is 1. The molecule has 0 fully saturated rings. The largest absolute Gasteiger partial charge is 0.361 e. The lowest BCUT2D eigenvalue weighted by Gasteiger charge is -2.18. The van der Waals surface area contributed by atoms with Gasteiger partial charge in [0.15, 0.2) is 0 Å². The average molecular weight is 678 g/mol. The molecule has 0 atom stereocenters. The number of carbonyl (C=O) groups excluding carboxylic acids is 2. The second kappa shape index (κ2) is 35.3. The number of rotatable bonds is 18. The first kappa shape index (κ1) is 49.4. The summed E-state index contributed by atoms with van der Waals surface area (Å²) in [6.45, 7) is 25.2. The first-order valence-electron chi connectivity index (χ1n) is 18.3. The van der Waals surface area contributed by atoms with Crippen molar-refractivity contribution in [2.24, 2.45) is 4.99 Å². The summed E-state index contributed by atoms with van der Waals surface area (Å²) < 4.78 is 0. The van der Waals surface area contributed by atoms with Gasteiger partial charge in [0.2, 0.25) is 6.41 Å². The minimum absolute atomic E-state index is 0.175. The summed E-state index contributed by atoms with van der Waals surface area (Å²) in [5.74, 6) is -0.175. The molecule has 276 valence electrons. The first-order valence-corrected chi connectivity index (χ1v) is 18.3. The number of allylic oxidation sites excluding steroid dienone is 11. The summed E-state index contributed by atoms with van der Waals surface area (Å²) in [5.41, 5.74) is 6.59. The van der Waals surface area contributed by atoms with Crippen LogP contribution in [0.1, 0.15) is 147 Å². The van der Waals surface area contributed by atoms with Crippen LogP contribution >= 0.6 is 0 Å². The number of nitrogens with one attached hydrogen (secondary N) is 4. The average Bonchev–Trinajstić information content (AvgIpc) is 3.10. The Morgan fingerprint density at radius 1 is 0.918 bits per heavy atom. The molecule has 0 spiro atoms. The van der Waals surface area contributed by atoms with E-state index in [4.69, 9.17) is 5.41 Å². The van der Waals surface area contributed by atoms with Crippen LogP contribution in [0.3, 0.4) is 0 Å². The molecule has 0 aromatic rings. The normalized spacial score (nSPS) is 13.9. The highest BCUT2D eigenvalue weighted by atomic mass is 16.1. The molecule has 49 heavy (non-hydrogen) atoms. The van der Waals surface area contributed by atoms with E-state index in [9.17, 15) is 9.59 Å². The summed E-state index contributed by atoms with van der Waals surface area (Å²) >= 11 is 0. The zero-order valence-electron chi connectivity index (χ0n) is 33.0. The molecule has 7 heteroatoms. The second-order valence-electron chi connectivity index (χ2n) is 11.6. The Bertz CT molecular complexity index is 1180. The van der Waals surface area contributed by atoms with E-state index in [1.807, 2.05) is 84.3 Å². The Morgan fingerprint density at radius 3 is 1.96 bits per heavy atom. The van der Waals surface area contributed by atoms with Crippen molar-refractivity contribution < 1.29 is 9.59 Å². The van der Waals surface area contributed by atoms with Crippen LogP contribution < -0.4 is 16.0 Å².